The second kappa shape index (κ2) is 10.4. The molecule has 1 atom stereocenters. The van der Waals surface area contributed by atoms with Gasteiger partial charge in [-0.25, -0.2) is 4.79 Å². The van der Waals surface area contributed by atoms with Crippen LogP contribution in [0.5, 0.6) is 0 Å². The molecule has 0 unspecified atom stereocenters. The summed E-state index contributed by atoms with van der Waals surface area (Å²) in [6, 6.07) is 3.38. The number of carboxylic acid groups (broad SMARTS) is 1. The van der Waals surface area contributed by atoms with E-state index in [9.17, 15) is 14.4 Å². The fourth-order valence-electron chi connectivity index (χ4n) is 2.55. The van der Waals surface area contributed by atoms with Crippen LogP contribution in [0, 0.1) is 11.8 Å². The summed E-state index contributed by atoms with van der Waals surface area (Å²) in [6.07, 6.45) is 3.37. The molecule has 0 fully saturated rings. The quantitative estimate of drug-likeness (QED) is 0.645. The predicted molar refractivity (Wildman–Crippen MR) is 94.3 cm³/mol. The number of aromatic nitrogens is 1. The van der Waals surface area contributed by atoms with E-state index in [2.05, 4.69) is 5.32 Å². The van der Waals surface area contributed by atoms with Gasteiger partial charge in [0.15, 0.2) is 12.4 Å². The second-order valence-corrected chi connectivity index (χ2v) is 6.84. The van der Waals surface area contributed by atoms with Crippen LogP contribution in [0.1, 0.15) is 37.0 Å². The molecule has 1 heterocycles. The van der Waals surface area contributed by atoms with Crippen LogP contribution in [0.25, 0.3) is 0 Å². The van der Waals surface area contributed by atoms with Crippen molar-refractivity contribution in [3.8, 4) is 0 Å². The highest BCUT2D eigenvalue weighted by molar-refractivity contribution is 5.93. The van der Waals surface area contributed by atoms with Crippen molar-refractivity contribution >= 4 is 18.0 Å². The standard InChI is InChI=1S/C18H27N3O5/c1-13(2)8-14(9-16(22)23)10-19-18(25)26-12-21-7-5-6-15(11-21)17(24)20(3)4/h5-7,11,13-14H,8-10,12H2,1-4H3,(H-,19,22,23,25)/p+1/t14-/m0/s1. The topological polar surface area (TPSA) is 99.8 Å². The van der Waals surface area contributed by atoms with Gasteiger partial charge < -0.3 is 20.1 Å². The van der Waals surface area contributed by atoms with E-state index in [1.54, 1.807) is 43.2 Å². The molecule has 1 rings (SSSR count). The number of carbonyl (C=O) groups is 3. The van der Waals surface area contributed by atoms with Crippen LogP contribution in [0.3, 0.4) is 0 Å². The summed E-state index contributed by atoms with van der Waals surface area (Å²) < 4.78 is 6.71. The molecule has 0 saturated heterocycles. The molecule has 0 saturated carbocycles. The van der Waals surface area contributed by atoms with Gasteiger partial charge >= 0.3 is 12.1 Å². The van der Waals surface area contributed by atoms with Gasteiger partial charge in [-0.3, -0.25) is 9.59 Å². The molecule has 1 aromatic heterocycles. The van der Waals surface area contributed by atoms with Crippen molar-refractivity contribution in [2.75, 3.05) is 20.6 Å². The molecule has 1 aromatic rings. The fourth-order valence-corrected chi connectivity index (χ4v) is 2.55. The number of nitrogens with zero attached hydrogens (tertiary/aromatic N) is 2. The van der Waals surface area contributed by atoms with Gasteiger partial charge in [0.05, 0.1) is 0 Å². The summed E-state index contributed by atoms with van der Waals surface area (Å²) in [7, 11) is 3.32. The monoisotopic (exact) mass is 366 g/mol. The third-order valence-corrected chi connectivity index (χ3v) is 3.66. The average molecular weight is 366 g/mol. The number of carbonyl (C=O) groups excluding carboxylic acids is 2. The van der Waals surface area contributed by atoms with Crippen molar-refractivity contribution in [3.05, 3.63) is 30.1 Å². The zero-order valence-corrected chi connectivity index (χ0v) is 15.8. The highest BCUT2D eigenvalue weighted by Gasteiger charge is 2.17. The molecule has 2 N–H and O–H groups in total. The highest BCUT2D eigenvalue weighted by Crippen LogP contribution is 2.14. The Morgan fingerprint density at radius 3 is 2.58 bits per heavy atom. The van der Waals surface area contributed by atoms with E-state index in [-0.39, 0.29) is 31.5 Å². The molecule has 8 nitrogen and oxygen atoms in total. The van der Waals surface area contributed by atoms with Crippen molar-refractivity contribution in [2.24, 2.45) is 11.8 Å². The Morgan fingerprint density at radius 2 is 2.00 bits per heavy atom. The van der Waals surface area contributed by atoms with Gasteiger partial charge in [-0.15, -0.1) is 0 Å². The largest absolute Gasteiger partial charge is 0.481 e. The normalized spacial score (nSPS) is 11.7. The number of alkyl carbamates (subject to hydrolysis) is 1. The Kier molecular flexibility index (Phi) is 8.54. The minimum atomic E-state index is -0.885. The van der Waals surface area contributed by atoms with Gasteiger partial charge in [-0.2, -0.15) is 4.57 Å². The summed E-state index contributed by atoms with van der Waals surface area (Å²) in [5, 5.41) is 11.6. The molecule has 0 aromatic carbocycles. The second-order valence-electron chi connectivity index (χ2n) is 6.84. The lowest BCUT2D eigenvalue weighted by Gasteiger charge is -2.17. The number of ether oxygens (including phenoxy) is 1. The number of aliphatic carboxylic acids is 1. The van der Waals surface area contributed by atoms with Gasteiger partial charge in [0.25, 0.3) is 12.6 Å². The van der Waals surface area contributed by atoms with E-state index >= 15 is 0 Å². The van der Waals surface area contributed by atoms with Crippen molar-refractivity contribution < 1.29 is 28.8 Å². The van der Waals surface area contributed by atoms with Crippen LogP contribution in [-0.4, -0.2) is 48.6 Å². The molecule has 0 spiro atoms. The predicted octanol–water partition coefficient (Wildman–Crippen LogP) is 1.50. The maximum Gasteiger partial charge on any atom is 0.412 e. The fraction of sp³-hybridized carbons (Fsp3) is 0.556. The molecule has 0 bridgehead atoms. The van der Waals surface area contributed by atoms with Crippen LogP contribution in [0.4, 0.5) is 4.79 Å². The van der Waals surface area contributed by atoms with Crippen molar-refractivity contribution in [1.29, 1.82) is 0 Å². The highest BCUT2D eigenvalue weighted by atomic mass is 16.6. The van der Waals surface area contributed by atoms with Crippen LogP contribution in [-0.2, 0) is 16.3 Å². The number of amides is 2. The molecule has 0 aliphatic carbocycles. The van der Waals surface area contributed by atoms with Gasteiger partial charge in [-0.1, -0.05) is 13.8 Å². The summed E-state index contributed by atoms with van der Waals surface area (Å²) in [5.41, 5.74) is 0.486. The molecule has 26 heavy (non-hydrogen) atoms. The molecule has 8 heteroatoms. The van der Waals surface area contributed by atoms with Crippen LogP contribution in [0.15, 0.2) is 24.5 Å². The van der Waals surface area contributed by atoms with E-state index in [0.29, 0.717) is 17.9 Å². The zero-order chi connectivity index (χ0) is 19.7. The smallest absolute Gasteiger partial charge is 0.412 e. The van der Waals surface area contributed by atoms with Crippen molar-refractivity contribution in [1.82, 2.24) is 10.2 Å². The Morgan fingerprint density at radius 1 is 1.31 bits per heavy atom. The first-order valence-corrected chi connectivity index (χ1v) is 8.52. The van der Waals surface area contributed by atoms with Crippen LogP contribution in [0.2, 0.25) is 0 Å². The summed E-state index contributed by atoms with van der Waals surface area (Å²) >= 11 is 0. The van der Waals surface area contributed by atoms with Gasteiger partial charge in [0, 0.05) is 33.1 Å². The Bertz CT molecular complexity index is 631. The van der Waals surface area contributed by atoms with E-state index < -0.39 is 12.1 Å². The lowest BCUT2D eigenvalue weighted by molar-refractivity contribution is -0.727. The SMILES string of the molecule is CC(C)C[C@H](CNC(=O)OC[n+]1cccc(C(=O)N(C)C)c1)CC(=O)O. The minimum Gasteiger partial charge on any atom is -0.481 e. The molecular formula is C18H28N3O5+. The summed E-state index contributed by atoms with van der Waals surface area (Å²) in [4.78, 5) is 36.1. The number of nitrogens with one attached hydrogen (secondary N) is 1. The number of carboxylic acids is 1. The number of pyridine rings is 1. The third kappa shape index (κ3) is 7.96. The van der Waals surface area contributed by atoms with E-state index in [0.717, 1.165) is 0 Å². The third-order valence-electron chi connectivity index (χ3n) is 3.66. The number of rotatable bonds is 9. The van der Waals surface area contributed by atoms with Crippen LogP contribution >= 0.6 is 0 Å². The van der Waals surface area contributed by atoms with Crippen molar-refractivity contribution in [3.63, 3.8) is 0 Å². The van der Waals surface area contributed by atoms with E-state index in [4.69, 9.17) is 9.84 Å². The first-order chi connectivity index (χ1) is 12.2. The Hall–Kier alpha value is -2.64. The van der Waals surface area contributed by atoms with Gasteiger partial charge in [0.1, 0.15) is 5.56 Å². The zero-order valence-electron chi connectivity index (χ0n) is 15.8. The maximum absolute atomic E-state index is 11.9. The maximum atomic E-state index is 11.9. The van der Waals surface area contributed by atoms with E-state index in [1.165, 1.54) is 4.90 Å². The molecule has 144 valence electrons. The first kappa shape index (κ1) is 21.4. The lowest BCUT2D eigenvalue weighted by Crippen LogP contribution is -2.40. The van der Waals surface area contributed by atoms with Crippen molar-refractivity contribution in [2.45, 2.75) is 33.4 Å². The molecule has 0 aliphatic heterocycles. The minimum absolute atomic E-state index is 0.00189. The molecular weight excluding hydrogens is 338 g/mol. The lowest BCUT2D eigenvalue weighted by atomic mass is 9.94. The summed E-state index contributed by atoms with van der Waals surface area (Å²) in [6.45, 7) is 4.21. The number of hydrogen-bond acceptors (Lipinski definition) is 4. The van der Waals surface area contributed by atoms with Gasteiger partial charge in [0.2, 0.25) is 0 Å². The number of hydrogen-bond donors (Lipinski definition) is 2. The summed E-state index contributed by atoms with van der Waals surface area (Å²) in [5.74, 6) is -0.837. The average Bonchev–Trinajstić information content (AvgIpc) is 2.56. The Labute approximate surface area is 153 Å². The van der Waals surface area contributed by atoms with E-state index in [1.807, 2.05) is 13.8 Å². The molecule has 2 amide bonds. The Balaban J connectivity index is 2.52. The van der Waals surface area contributed by atoms with Crippen LogP contribution < -0.4 is 9.88 Å². The first-order valence-electron chi connectivity index (χ1n) is 8.52. The van der Waals surface area contributed by atoms with Gasteiger partial charge in [-0.05, 0) is 24.3 Å². The molecule has 0 radical (unpaired) electrons. The molecule has 0 aliphatic rings.